The number of urea groups is 1. The third-order valence-electron chi connectivity index (χ3n) is 5.40. The number of nitrogens with one attached hydrogen (secondary N) is 1. The molecule has 0 bridgehead atoms. The monoisotopic (exact) mass is 470 g/mol. The van der Waals surface area contributed by atoms with Gasteiger partial charge in [0.1, 0.15) is 5.82 Å². The number of aliphatic carboxylic acids is 1. The van der Waals surface area contributed by atoms with Crippen LogP contribution >= 0.6 is 0 Å². The number of carboxylic acid groups (broad SMARTS) is 1. The summed E-state index contributed by atoms with van der Waals surface area (Å²) in [6, 6.07) is 1.82. The van der Waals surface area contributed by atoms with Gasteiger partial charge in [0.25, 0.3) is 5.56 Å². The highest BCUT2D eigenvalue weighted by Crippen LogP contribution is 2.18. The average molecular weight is 470 g/mol. The molecule has 33 heavy (non-hydrogen) atoms. The van der Waals surface area contributed by atoms with Gasteiger partial charge in [-0.25, -0.2) is 19.6 Å². The van der Waals surface area contributed by atoms with E-state index in [9.17, 15) is 22.8 Å². The molecule has 0 radical (unpaired) electrons. The molecule has 2 aromatic rings. The highest BCUT2D eigenvalue weighted by molar-refractivity contribution is 5.74. The maximum atomic E-state index is 12.6. The third kappa shape index (κ3) is 6.80. The zero-order valence-corrected chi connectivity index (χ0v) is 17.8. The summed E-state index contributed by atoms with van der Waals surface area (Å²) in [6.07, 6.45) is 5.40. The molecule has 1 fully saturated rings. The van der Waals surface area contributed by atoms with Gasteiger partial charge in [0.05, 0.1) is 25.1 Å². The first-order chi connectivity index (χ1) is 15.6. The number of amides is 2. The zero-order valence-electron chi connectivity index (χ0n) is 17.8. The van der Waals surface area contributed by atoms with Gasteiger partial charge in [0.15, 0.2) is 0 Å². The van der Waals surface area contributed by atoms with Crippen molar-refractivity contribution in [2.75, 3.05) is 6.54 Å². The lowest BCUT2D eigenvalue weighted by molar-refractivity contribution is -0.192. The van der Waals surface area contributed by atoms with Gasteiger partial charge in [0, 0.05) is 37.6 Å². The van der Waals surface area contributed by atoms with Crippen molar-refractivity contribution >= 4 is 12.0 Å². The van der Waals surface area contributed by atoms with Crippen LogP contribution in [0.25, 0.3) is 0 Å². The molecule has 3 heterocycles. The second kappa shape index (κ2) is 10.5. The highest BCUT2D eigenvalue weighted by Gasteiger charge is 2.38. The second-order valence-corrected chi connectivity index (χ2v) is 7.90. The van der Waals surface area contributed by atoms with E-state index < -0.39 is 12.1 Å². The Kier molecular flexibility index (Phi) is 7.71. The van der Waals surface area contributed by atoms with Crippen LogP contribution in [0.1, 0.15) is 43.6 Å². The largest absolute Gasteiger partial charge is 0.490 e. The Bertz CT molecular complexity index is 1020. The molecule has 0 atom stereocenters. The molecule has 1 aliphatic heterocycles. The lowest BCUT2D eigenvalue weighted by Gasteiger charge is -2.23. The lowest BCUT2D eigenvalue weighted by atomic mass is 10.2. The molecule has 0 aromatic carbocycles. The SMILES string of the molecule is O=C(NC1CCCC1)N1CCCn2c(nc(Cn3ccnc3)cc2=O)C1.O=C(O)C(F)(F)F. The number of alkyl halides is 3. The molecule has 2 amide bonds. The minimum Gasteiger partial charge on any atom is -0.475 e. The Morgan fingerprint density at radius 1 is 1.18 bits per heavy atom. The fraction of sp³-hybridized carbons (Fsp3) is 0.550. The van der Waals surface area contributed by atoms with Gasteiger partial charge in [-0.3, -0.25) is 9.36 Å². The van der Waals surface area contributed by atoms with E-state index in [1.54, 1.807) is 28.1 Å². The minimum absolute atomic E-state index is 0.0420. The summed E-state index contributed by atoms with van der Waals surface area (Å²) < 4.78 is 35.3. The number of imidazole rings is 1. The number of hydrogen-bond donors (Lipinski definition) is 2. The molecule has 2 N–H and O–H groups in total. The van der Waals surface area contributed by atoms with Crippen molar-refractivity contribution in [2.24, 2.45) is 0 Å². The van der Waals surface area contributed by atoms with Gasteiger partial charge in [0.2, 0.25) is 0 Å². The van der Waals surface area contributed by atoms with Crippen molar-refractivity contribution < 1.29 is 27.9 Å². The van der Waals surface area contributed by atoms with E-state index in [1.807, 2.05) is 10.8 Å². The topological polar surface area (TPSA) is 122 Å². The molecule has 1 aliphatic carbocycles. The quantitative estimate of drug-likeness (QED) is 0.707. The smallest absolute Gasteiger partial charge is 0.475 e. The Morgan fingerprint density at radius 2 is 1.88 bits per heavy atom. The molecule has 180 valence electrons. The fourth-order valence-corrected chi connectivity index (χ4v) is 3.79. The first kappa shape index (κ1) is 24.3. The van der Waals surface area contributed by atoms with E-state index in [0.29, 0.717) is 37.7 Å². The zero-order chi connectivity index (χ0) is 24.0. The number of nitrogens with zero attached hydrogens (tertiary/aromatic N) is 5. The molecule has 1 saturated carbocycles. The van der Waals surface area contributed by atoms with Crippen LogP contribution in [0.15, 0.2) is 29.6 Å². The van der Waals surface area contributed by atoms with Crippen LogP contribution in [0.5, 0.6) is 0 Å². The maximum absolute atomic E-state index is 12.6. The van der Waals surface area contributed by atoms with Crippen LogP contribution in [0.3, 0.4) is 0 Å². The van der Waals surface area contributed by atoms with Crippen LogP contribution in [0.4, 0.5) is 18.0 Å². The van der Waals surface area contributed by atoms with Gasteiger partial charge in [-0.1, -0.05) is 12.8 Å². The predicted molar refractivity (Wildman–Crippen MR) is 109 cm³/mol. The molecule has 0 saturated heterocycles. The second-order valence-electron chi connectivity index (χ2n) is 7.90. The fourth-order valence-electron chi connectivity index (χ4n) is 3.79. The number of halogens is 3. The van der Waals surface area contributed by atoms with E-state index in [2.05, 4.69) is 15.3 Å². The minimum atomic E-state index is -5.08. The molecule has 0 spiro atoms. The summed E-state index contributed by atoms with van der Waals surface area (Å²) >= 11 is 0. The molecule has 13 heteroatoms. The van der Waals surface area contributed by atoms with Gasteiger partial charge < -0.3 is 19.9 Å². The van der Waals surface area contributed by atoms with E-state index >= 15 is 0 Å². The number of hydrogen-bond acceptors (Lipinski definition) is 5. The number of carbonyl (C=O) groups excluding carboxylic acids is 1. The summed E-state index contributed by atoms with van der Waals surface area (Å²) in [5.41, 5.74) is 0.639. The first-order valence-corrected chi connectivity index (χ1v) is 10.5. The summed E-state index contributed by atoms with van der Waals surface area (Å²) in [4.78, 5) is 44.5. The van der Waals surface area contributed by atoms with Gasteiger partial charge in [-0.15, -0.1) is 0 Å². The van der Waals surface area contributed by atoms with Crippen LogP contribution in [0, 0.1) is 0 Å². The van der Waals surface area contributed by atoms with Gasteiger partial charge >= 0.3 is 18.2 Å². The molecule has 0 unspecified atom stereocenters. The molecular formula is C20H25F3N6O4. The van der Waals surface area contributed by atoms with Crippen LogP contribution in [0.2, 0.25) is 0 Å². The number of rotatable bonds is 3. The van der Waals surface area contributed by atoms with E-state index in [1.165, 1.54) is 12.8 Å². The van der Waals surface area contributed by atoms with Crippen molar-refractivity contribution in [3.63, 3.8) is 0 Å². The van der Waals surface area contributed by atoms with Crippen molar-refractivity contribution in [3.05, 3.63) is 46.7 Å². The van der Waals surface area contributed by atoms with Crippen LogP contribution < -0.4 is 10.9 Å². The Labute approximate surface area is 187 Å². The molecule has 2 aliphatic rings. The predicted octanol–water partition coefficient (Wildman–Crippen LogP) is 1.98. The number of carbonyl (C=O) groups is 2. The molecule has 2 aromatic heterocycles. The summed E-state index contributed by atoms with van der Waals surface area (Å²) in [6.45, 7) is 2.10. The normalized spacial score (nSPS) is 16.4. The number of carboxylic acids is 1. The average Bonchev–Trinajstić information content (AvgIpc) is 3.38. The first-order valence-electron chi connectivity index (χ1n) is 10.5. The summed E-state index contributed by atoms with van der Waals surface area (Å²) in [5.74, 6) is -2.10. The standard InChI is InChI=1S/C18H24N6O2.C2HF3O2/c25-17-10-15(11-22-9-6-19-13-22)20-16-12-23(7-3-8-24(16)17)18(26)21-14-4-1-2-5-14;3-2(4,5)1(6)7/h6,9-10,13-14H,1-5,7-8,11-12H2,(H,21,26);(H,6,7). The van der Waals surface area contributed by atoms with Crippen molar-refractivity contribution in [1.29, 1.82) is 0 Å². The lowest BCUT2D eigenvalue weighted by Crippen LogP contribution is -2.44. The Morgan fingerprint density at radius 3 is 2.48 bits per heavy atom. The molecule has 10 nitrogen and oxygen atoms in total. The van der Waals surface area contributed by atoms with Crippen molar-refractivity contribution in [3.8, 4) is 0 Å². The third-order valence-corrected chi connectivity index (χ3v) is 5.40. The highest BCUT2D eigenvalue weighted by atomic mass is 19.4. The van der Waals surface area contributed by atoms with Gasteiger partial charge in [-0.2, -0.15) is 13.2 Å². The Balaban J connectivity index is 0.000000383. The summed E-state index contributed by atoms with van der Waals surface area (Å²) in [5, 5.41) is 10.3. The maximum Gasteiger partial charge on any atom is 0.490 e. The van der Waals surface area contributed by atoms with E-state index in [4.69, 9.17) is 9.90 Å². The van der Waals surface area contributed by atoms with E-state index in [-0.39, 0.29) is 17.6 Å². The number of fused-ring (bicyclic) bond motifs is 1. The number of aromatic nitrogens is 4. The van der Waals surface area contributed by atoms with Crippen molar-refractivity contribution in [2.45, 2.75) is 64.0 Å². The van der Waals surface area contributed by atoms with Crippen molar-refractivity contribution in [1.82, 2.24) is 29.3 Å². The molecular weight excluding hydrogens is 445 g/mol. The van der Waals surface area contributed by atoms with Gasteiger partial charge in [-0.05, 0) is 19.3 Å². The van der Waals surface area contributed by atoms with E-state index in [0.717, 1.165) is 19.3 Å². The van der Waals surface area contributed by atoms with Crippen LogP contribution in [-0.2, 0) is 24.4 Å². The summed E-state index contributed by atoms with van der Waals surface area (Å²) in [7, 11) is 0. The van der Waals surface area contributed by atoms with Crippen LogP contribution in [-0.4, -0.2) is 59.9 Å². The Hall–Kier alpha value is -3.38. The molecule has 4 rings (SSSR count).